The maximum Gasteiger partial charge on any atom is 0.264 e. The molecule has 2 aliphatic heterocycles. The van der Waals surface area contributed by atoms with Crippen molar-refractivity contribution in [2.45, 2.75) is 63.0 Å². The van der Waals surface area contributed by atoms with Crippen molar-refractivity contribution in [2.75, 3.05) is 17.5 Å². The summed E-state index contributed by atoms with van der Waals surface area (Å²) in [5.74, 6) is -1.93. The minimum Gasteiger partial charge on any atom is -0.356 e. The maximum atomic E-state index is 14.4. The maximum absolute atomic E-state index is 14.4. The van der Waals surface area contributed by atoms with Gasteiger partial charge in [-0.2, -0.15) is 5.10 Å². The molecule has 0 aliphatic carbocycles. The molecule has 1 atom stereocenters. The van der Waals surface area contributed by atoms with Crippen LogP contribution < -0.4 is 4.31 Å². The highest BCUT2D eigenvalue weighted by molar-refractivity contribution is 7.92. The Morgan fingerprint density at radius 3 is 2.51 bits per heavy atom. The predicted octanol–water partition coefficient (Wildman–Crippen LogP) is 6.26. The molecule has 1 saturated heterocycles. The summed E-state index contributed by atoms with van der Waals surface area (Å²) in [4.78, 5) is 4.84. The first-order valence-electron chi connectivity index (χ1n) is 13.2. The molecular formula is C29H30F2N4O3S. The van der Waals surface area contributed by atoms with Gasteiger partial charge in [0.15, 0.2) is 17.9 Å². The number of halogens is 2. The van der Waals surface area contributed by atoms with Crippen LogP contribution in [-0.2, 0) is 20.2 Å². The summed E-state index contributed by atoms with van der Waals surface area (Å²) in [6, 6.07) is 10.9. The van der Waals surface area contributed by atoms with Crippen LogP contribution in [0.4, 0.5) is 14.5 Å². The fourth-order valence-corrected chi connectivity index (χ4v) is 6.97. The van der Waals surface area contributed by atoms with Crippen LogP contribution in [0.2, 0.25) is 0 Å². The highest BCUT2D eigenvalue weighted by Crippen LogP contribution is 2.43. The number of aromatic nitrogens is 3. The average Bonchev–Trinajstić information content (AvgIpc) is 3.27. The van der Waals surface area contributed by atoms with E-state index in [1.807, 2.05) is 13.0 Å². The van der Waals surface area contributed by atoms with Gasteiger partial charge in [0.25, 0.3) is 10.0 Å². The second kappa shape index (κ2) is 9.38. The number of rotatable bonds is 4. The Morgan fingerprint density at radius 1 is 1.05 bits per heavy atom. The number of anilines is 1. The van der Waals surface area contributed by atoms with Gasteiger partial charge in [0.1, 0.15) is 5.69 Å². The van der Waals surface area contributed by atoms with E-state index < -0.39 is 21.7 Å². The molecule has 0 N–H and O–H groups in total. The highest BCUT2D eigenvalue weighted by Gasteiger charge is 2.38. The van der Waals surface area contributed by atoms with Crippen LogP contribution in [0.5, 0.6) is 0 Å². The molecule has 2 aromatic heterocycles. The molecule has 0 spiro atoms. The van der Waals surface area contributed by atoms with Gasteiger partial charge in [0.05, 0.1) is 28.0 Å². The molecule has 7 nitrogen and oxygen atoms in total. The number of nitrogens with zero attached hydrogens (tertiary/aromatic N) is 4. The van der Waals surface area contributed by atoms with Crippen molar-refractivity contribution in [3.63, 3.8) is 0 Å². The van der Waals surface area contributed by atoms with E-state index >= 15 is 0 Å². The van der Waals surface area contributed by atoms with Gasteiger partial charge >= 0.3 is 0 Å². The van der Waals surface area contributed by atoms with Gasteiger partial charge in [0, 0.05) is 24.6 Å². The second-order valence-corrected chi connectivity index (χ2v) is 12.9. The molecule has 4 aromatic rings. The SMILES string of the molecule is Cc1ccc(S(=O)(=O)N2CCC(C)(C)c3cc(-c4nn(C5CCCCO5)c5cc(F)c(F)cc45)ncc32)cc1. The molecule has 6 rings (SSSR count). The zero-order valence-electron chi connectivity index (χ0n) is 22.1. The van der Waals surface area contributed by atoms with Gasteiger partial charge in [-0.15, -0.1) is 0 Å². The lowest BCUT2D eigenvalue weighted by Crippen LogP contribution is -2.41. The lowest BCUT2D eigenvalue weighted by Gasteiger charge is -2.39. The van der Waals surface area contributed by atoms with Crippen LogP contribution in [0.3, 0.4) is 0 Å². The number of sulfonamides is 1. The molecular weight excluding hydrogens is 522 g/mol. The summed E-state index contributed by atoms with van der Waals surface area (Å²) in [6.45, 7) is 6.92. The van der Waals surface area contributed by atoms with E-state index in [1.54, 1.807) is 35.1 Å². The number of hydrogen-bond acceptors (Lipinski definition) is 5. The molecule has 4 heterocycles. The van der Waals surface area contributed by atoms with Crippen LogP contribution in [0.15, 0.2) is 53.6 Å². The van der Waals surface area contributed by atoms with E-state index in [4.69, 9.17) is 9.84 Å². The van der Waals surface area contributed by atoms with Gasteiger partial charge in [-0.05, 0) is 67.9 Å². The molecule has 0 amide bonds. The smallest absolute Gasteiger partial charge is 0.264 e. The first kappa shape index (κ1) is 25.9. The van der Waals surface area contributed by atoms with Gasteiger partial charge < -0.3 is 4.74 Å². The Balaban J connectivity index is 1.49. The second-order valence-electron chi connectivity index (χ2n) is 11.0. The number of ether oxygens (including phenoxy) is 1. The van der Waals surface area contributed by atoms with E-state index in [0.717, 1.165) is 36.1 Å². The summed E-state index contributed by atoms with van der Waals surface area (Å²) in [5.41, 5.74) is 3.22. The average molecular weight is 553 g/mol. The lowest BCUT2D eigenvalue weighted by molar-refractivity contribution is -0.0365. The van der Waals surface area contributed by atoms with Crippen molar-refractivity contribution in [3.8, 4) is 11.4 Å². The van der Waals surface area contributed by atoms with Crippen LogP contribution >= 0.6 is 0 Å². The van der Waals surface area contributed by atoms with Crippen LogP contribution in [-0.4, -0.2) is 36.3 Å². The molecule has 0 radical (unpaired) electrons. The third-order valence-electron chi connectivity index (χ3n) is 7.85. The van der Waals surface area contributed by atoms with Gasteiger partial charge in [-0.1, -0.05) is 31.5 Å². The first-order valence-corrected chi connectivity index (χ1v) is 14.6. The summed E-state index contributed by atoms with van der Waals surface area (Å²) in [5, 5.41) is 5.17. The van der Waals surface area contributed by atoms with Gasteiger partial charge in [-0.25, -0.2) is 21.9 Å². The number of pyridine rings is 1. The fraction of sp³-hybridized carbons (Fsp3) is 0.379. The minimum absolute atomic E-state index is 0.220. The monoisotopic (exact) mass is 552 g/mol. The quantitative estimate of drug-likeness (QED) is 0.299. The Morgan fingerprint density at radius 2 is 1.79 bits per heavy atom. The fourth-order valence-electron chi connectivity index (χ4n) is 5.50. The highest BCUT2D eigenvalue weighted by atomic mass is 32.2. The Bertz CT molecular complexity index is 1680. The normalized spacial score (nSPS) is 19.3. The topological polar surface area (TPSA) is 77.3 Å². The van der Waals surface area contributed by atoms with E-state index in [0.29, 0.717) is 54.0 Å². The standard InChI is InChI=1S/C29H30F2N4O3S/c1-18-7-9-19(10-8-18)39(36,37)34-12-11-29(2,3)21-15-24(32-17-26(21)34)28-20-14-22(30)23(31)16-25(20)35(33-28)27-6-4-5-13-38-27/h7-10,14-17,27H,4-6,11-13H2,1-3H3. The van der Waals surface area contributed by atoms with Crippen molar-refractivity contribution < 1.29 is 21.9 Å². The molecule has 1 unspecified atom stereocenters. The number of benzene rings is 2. The molecule has 2 aliphatic rings. The van der Waals surface area contributed by atoms with Crippen LogP contribution in [0.25, 0.3) is 22.3 Å². The third kappa shape index (κ3) is 4.39. The van der Waals surface area contributed by atoms with Crippen molar-refractivity contribution >= 4 is 26.6 Å². The van der Waals surface area contributed by atoms with Crippen molar-refractivity contribution in [1.29, 1.82) is 0 Å². The third-order valence-corrected chi connectivity index (χ3v) is 9.68. The van der Waals surface area contributed by atoms with E-state index in [-0.39, 0.29) is 16.5 Å². The zero-order chi connectivity index (χ0) is 27.5. The summed E-state index contributed by atoms with van der Waals surface area (Å²) in [6.07, 6.45) is 4.37. The van der Waals surface area contributed by atoms with Crippen molar-refractivity contribution in [3.05, 3.63) is 71.4 Å². The Hall–Kier alpha value is -3.37. The predicted molar refractivity (Wildman–Crippen MR) is 145 cm³/mol. The van der Waals surface area contributed by atoms with Crippen molar-refractivity contribution in [2.24, 2.45) is 0 Å². The lowest BCUT2D eigenvalue weighted by atomic mass is 9.78. The van der Waals surface area contributed by atoms with E-state index in [1.165, 1.54) is 4.31 Å². The molecule has 10 heteroatoms. The molecule has 1 fully saturated rings. The van der Waals surface area contributed by atoms with Crippen LogP contribution in [0, 0.1) is 18.6 Å². The largest absolute Gasteiger partial charge is 0.356 e. The molecule has 2 aromatic carbocycles. The summed E-state index contributed by atoms with van der Waals surface area (Å²) >= 11 is 0. The Kier molecular flexibility index (Phi) is 6.22. The number of aryl methyl sites for hydroxylation is 1. The van der Waals surface area contributed by atoms with E-state index in [2.05, 4.69) is 18.8 Å². The zero-order valence-corrected chi connectivity index (χ0v) is 22.9. The van der Waals surface area contributed by atoms with Gasteiger partial charge in [-0.3, -0.25) is 9.29 Å². The summed E-state index contributed by atoms with van der Waals surface area (Å²) < 4.78 is 65.0. The summed E-state index contributed by atoms with van der Waals surface area (Å²) in [7, 11) is -3.81. The number of fused-ring (bicyclic) bond motifs is 2. The minimum atomic E-state index is -3.81. The number of hydrogen-bond donors (Lipinski definition) is 0. The molecule has 39 heavy (non-hydrogen) atoms. The van der Waals surface area contributed by atoms with Gasteiger partial charge in [0.2, 0.25) is 0 Å². The molecule has 0 saturated carbocycles. The van der Waals surface area contributed by atoms with E-state index in [9.17, 15) is 17.2 Å². The molecule has 0 bridgehead atoms. The first-order chi connectivity index (χ1) is 18.6. The Labute approximate surface area is 226 Å². The molecule has 204 valence electrons. The van der Waals surface area contributed by atoms with Crippen LogP contribution in [0.1, 0.15) is 56.9 Å². The van der Waals surface area contributed by atoms with Crippen molar-refractivity contribution in [1.82, 2.24) is 14.8 Å².